The molecule has 0 bridgehead atoms. The first kappa shape index (κ1) is 15.1. The van der Waals surface area contributed by atoms with Crippen molar-refractivity contribution in [3.05, 3.63) is 24.0 Å². The van der Waals surface area contributed by atoms with Gasteiger partial charge in [-0.05, 0) is 18.1 Å². The van der Waals surface area contributed by atoms with Crippen LogP contribution in [-0.2, 0) is 6.18 Å². The van der Waals surface area contributed by atoms with Crippen molar-refractivity contribution in [2.45, 2.75) is 32.5 Å². The Bertz CT molecular complexity index is 430. The van der Waals surface area contributed by atoms with Gasteiger partial charge in [0.25, 0.3) is 0 Å². The summed E-state index contributed by atoms with van der Waals surface area (Å²) in [6, 6.07) is 2.93. The summed E-state index contributed by atoms with van der Waals surface area (Å²) in [7, 11) is 0. The molecular weight excluding hydrogens is 267 g/mol. The standard InChI is InChI=1S/C14H20F3N3/c1-3-10(2)12-9-20(7-6-18-12)11-4-5-13(19-8-11)14(15,16)17/h4-5,8,10,12,18H,3,6-7,9H2,1-2H3. The molecule has 20 heavy (non-hydrogen) atoms. The summed E-state index contributed by atoms with van der Waals surface area (Å²) in [6.45, 7) is 6.77. The Labute approximate surface area is 117 Å². The highest BCUT2D eigenvalue weighted by Gasteiger charge is 2.32. The fourth-order valence-electron chi connectivity index (χ4n) is 2.42. The second kappa shape index (κ2) is 5.99. The van der Waals surface area contributed by atoms with Gasteiger partial charge in [0.15, 0.2) is 0 Å². The van der Waals surface area contributed by atoms with Crippen LogP contribution in [0, 0.1) is 5.92 Å². The number of halogens is 3. The van der Waals surface area contributed by atoms with E-state index in [0.29, 0.717) is 12.0 Å². The summed E-state index contributed by atoms with van der Waals surface area (Å²) in [5, 5.41) is 3.46. The minimum Gasteiger partial charge on any atom is -0.367 e. The van der Waals surface area contributed by atoms with E-state index in [4.69, 9.17) is 0 Å². The van der Waals surface area contributed by atoms with E-state index in [2.05, 4.69) is 29.0 Å². The monoisotopic (exact) mass is 287 g/mol. The van der Waals surface area contributed by atoms with Crippen LogP contribution < -0.4 is 10.2 Å². The van der Waals surface area contributed by atoms with E-state index in [1.165, 1.54) is 12.3 Å². The number of alkyl halides is 3. The second-order valence-corrected chi connectivity index (χ2v) is 5.29. The van der Waals surface area contributed by atoms with Crippen molar-refractivity contribution in [1.29, 1.82) is 0 Å². The highest BCUT2D eigenvalue weighted by Crippen LogP contribution is 2.28. The predicted octanol–water partition coefficient (Wildman–Crippen LogP) is 2.92. The van der Waals surface area contributed by atoms with Gasteiger partial charge in [0.05, 0.1) is 11.9 Å². The number of rotatable bonds is 3. The molecule has 1 aliphatic rings. The lowest BCUT2D eigenvalue weighted by molar-refractivity contribution is -0.141. The Morgan fingerprint density at radius 1 is 1.45 bits per heavy atom. The largest absolute Gasteiger partial charge is 0.433 e. The number of aromatic nitrogens is 1. The van der Waals surface area contributed by atoms with Crippen LogP contribution in [0.3, 0.4) is 0 Å². The third kappa shape index (κ3) is 3.42. The molecule has 2 rings (SSSR count). The maximum Gasteiger partial charge on any atom is 0.433 e. The van der Waals surface area contributed by atoms with Gasteiger partial charge in [-0.3, -0.25) is 0 Å². The molecule has 0 radical (unpaired) electrons. The van der Waals surface area contributed by atoms with Crippen molar-refractivity contribution in [2.24, 2.45) is 5.92 Å². The van der Waals surface area contributed by atoms with E-state index in [-0.39, 0.29) is 0 Å². The van der Waals surface area contributed by atoms with Crippen molar-refractivity contribution in [3.8, 4) is 0 Å². The molecule has 2 atom stereocenters. The second-order valence-electron chi connectivity index (χ2n) is 5.29. The van der Waals surface area contributed by atoms with Crippen molar-refractivity contribution < 1.29 is 13.2 Å². The zero-order valence-corrected chi connectivity index (χ0v) is 11.7. The summed E-state index contributed by atoms with van der Waals surface area (Å²) in [5.74, 6) is 0.542. The van der Waals surface area contributed by atoms with Gasteiger partial charge >= 0.3 is 6.18 Å². The van der Waals surface area contributed by atoms with Crippen LogP contribution in [0.15, 0.2) is 18.3 Å². The molecule has 0 saturated carbocycles. The summed E-state index contributed by atoms with van der Waals surface area (Å²) < 4.78 is 37.5. The predicted molar refractivity (Wildman–Crippen MR) is 72.7 cm³/mol. The molecule has 1 aromatic heterocycles. The molecule has 2 unspecified atom stereocenters. The average molecular weight is 287 g/mol. The van der Waals surface area contributed by atoms with Crippen molar-refractivity contribution in [3.63, 3.8) is 0 Å². The van der Waals surface area contributed by atoms with E-state index in [0.717, 1.165) is 37.8 Å². The minimum absolute atomic E-state index is 0.371. The third-order valence-electron chi connectivity index (χ3n) is 3.94. The Morgan fingerprint density at radius 2 is 2.20 bits per heavy atom. The number of anilines is 1. The molecule has 1 N–H and O–H groups in total. The fourth-order valence-corrected chi connectivity index (χ4v) is 2.42. The topological polar surface area (TPSA) is 28.2 Å². The van der Waals surface area contributed by atoms with Gasteiger partial charge < -0.3 is 10.2 Å². The lowest BCUT2D eigenvalue weighted by Crippen LogP contribution is -2.53. The number of hydrogen-bond acceptors (Lipinski definition) is 3. The lowest BCUT2D eigenvalue weighted by Gasteiger charge is -2.37. The Balaban J connectivity index is 2.07. The molecule has 6 heteroatoms. The van der Waals surface area contributed by atoms with Crippen LogP contribution in [0.1, 0.15) is 26.0 Å². The summed E-state index contributed by atoms with van der Waals surface area (Å²) in [4.78, 5) is 5.63. The molecule has 0 amide bonds. The van der Waals surface area contributed by atoms with Gasteiger partial charge in [0.2, 0.25) is 0 Å². The molecular formula is C14H20F3N3. The van der Waals surface area contributed by atoms with Gasteiger partial charge in [-0.25, -0.2) is 4.98 Å². The number of piperazine rings is 1. The summed E-state index contributed by atoms with van der Waals surface area (Å²) >= 11 is 0. The Kier molecular flexibility index (Phi) is 4.52. The molecule has 0 aliphatic carbocycles. The number of nitrogens with one attached hydrogen (secondary N) is 1. The molecule has 1 aromatic rings. The molecule has 1 saturated heterocycles. The highest BCUT2D eigenvalue weighted by atomic mass is 19.4. The van der Waals surface area contributed by atoms with Gasteiger partial charge in [0, 0.05) is 25.7 Å². The highest BCUT2D eigenvalue weighted by molar-refractivity contribution is 5.45. The van der Waals surface area contributed by atoms with E-state index in [9.17, 15) is 13.2 Å². The number of nitrogens with zero attached hydrogens (tertiary/aromatic N) is 2. The molecule has 0 aromatic carbocycles. The first-order valence-corrected chi connectivity index (χ1v) is 6.93. The van der Waals surface area contributed by atoms with Gasteiger partial charge in [-0.2, -0.15) is 13.2 Å². The van der Waals surface area contributed by atoms with E-state index in [1.54, 1.807) is 0 Å². The van der Waals surface area contributed by atoms with Crippen LogP contribution >= 0.6 is 0 Å². The van der Waals surface area contributed by atoms with Crippen molar-refractivity contribution >= 4 is 5.69 Å². The maximum absolute atomic E-state index is 12.5. The first-order valence-electron chi connectivity index (χ1n) is 6.93. The number of hydrogen-bond donors (Lipinski definition) is 1. The zero-order chi connectivity index (χ0) is 14.8. The van der Waals surface area contributed by atoms with E-state index in [1.807, 2.05) is 0 Å². The smallest absolute Gasteiger partial charge is 0.367 e. The van der Waals surface area contributed by atoms with Crippen molar-refractivity contribution in [1.82, 2.24) is 10.3 Å². The van der Waals surface area contributed by atoms with Crippen molar-refractivity contribution in [2.75, 3.05) is 24.5 Å². The molecule has 112 valence electrons. The van der Waals surface area contributed by atoms with E-state index < -0.39 is 11.9 Å². The molecule has 1 fully saturated rings. The normalized spacial score (nSPS) is 21.9. The fraction of sp³-hybridized carbons (Fsp3) is 0.643. The van der Waals surface area contributed by atoms with E-state index >= 15 is 0 Å². The minimum atomic E-state index is -4.37. The molecule has 0 spiro atoms. The quantitative estimate of drug-likeness (QED) is 0.926. The molecule has 3 nitrogen and oxygen atoms in total. The maximum atomic E-state index is 12.5. The first-order chi connectivity index (χ1) is 9.41. The van der Waals surface area contributed by atoms with Crippen LogP contribution in [0.5, 0.6) is 0 Å². The summed E-state index contributed by atoms with van der Waals surface area (Å²) in [5.41, 5.74) is -0.0809. The zero-order valence-electron chi connectivity index (χ0n) is 11.7. The average Bonchev–Trinajstić information content (AvgIpc) is 2.46. The van der Waals surface area contributed by atoms with Crippen LogP contribution in [0.2, 0.25) is 0 Å². The lowest BCUT2D eigenvalue weighted by atomic mass is 9.97. The van der Waals surface area contributed by atoms with Gasteiger partial charge in [-0.15, -0.1) is 0 Å². The van der Waals surface area contributed by atoms with Crippen LogP contribution in [0.25, 0.3) is 0 Å². The SMILES string of the molecule is CCC(C)C1CN(c2ccc(C(F)(F)F)nc2)CCN1. The van der Waals surface area contributed by atoms with Gasteiger partial charge in [-0.1, -0.05) is 20.3 Å². The van der Waals surface area contributed by atoms with Crippen LogP contribution in [-0.4, -0.2) is 30.7 Å². The third-order valence-corrected chi connectivity index (χ3v) is 3.94. The van der Waals surface area contributed by atoms with Crippen LogP contribution in [0.4, 0.5) is 18.9 Å². The molecule has 1 aliphatic heterocycles. The number of pyridine rings is 1. The van der Waals surface area contributed by atoms with Gasteiger partial charge in [0.1, 0.15) is 5.69 Å². The Hall–Kier alpha value is -1.30. The molecule has 2 heterocycles. The summed E-state index contributed by atoms with van der Waals surface area (Å²) in [6.07, 6.45) is -1.97. The Morgan fingerprint density at radius 3 is 2.75 bits per heavy atom.